The van der Waals surface area contributed by atoms with Gasteiger partial charge >= 0.3 is 0 Å². The molecule has 1 aliphatic heterocycles. The van der Waals surface area contributed by atoms with Gasteiger partial charge in [-0.3, -0.25) is 14.5 Å². The SMILES string of the molecule is N#Cc1cccc(CN2CCN(C(=O)CNC(=O)CC34CC5CC(CC(C5)C3)C4)CC2)c1. The molecular weight excluding hydrogens is 400 g/mol. The van der Waals surface area contributed by atoms with Crippen molar-refractivity contribution in [3.8, 4) is 6.07 Å². The highest BCUT2D eigenvalue weighted by Crippen LogP contribution is 2.61. The highest BCUT2D eigenvalue weighted by molar-refractivity contribution is 5.85. The molecule has 170 valence electrons. The second-order valence-corrected chi connectivity index (χ2v) is 10.8. The Morgan fingerprint density at radius 1 is 1.03 bits per heavy atom. The van der Waals surface area contributed by atoms with Gasteiger partial charge < -0.3 is 10.2 Å². The number of piperazine rings is 1. The molecule has 0 unspecified atom stereocenters. The van der Waals surface area contributed by atoms with Crippen LogP contribution in [0, 0.1) is 34.5 Å². The number of nitriles is 1. The molecule has 4 aliphatic carbocycles. The van der Waals surface area contributed by atoms with Gasteiger partial charge in [0.25, 0.3) is 0 Å². The van der Waals surface area contributed by atoms with Gasteiger partial charge in [0.2, 0.25) is 11.8 Å². The maximum absolute atomic E-state index is 12.7. The summed E-state index contributed by atoms with van der Waals surface area (Å²) in [5, 5.41) is 12.0. The van der Waals surface area contributed by atoms with Crippen LogP contribution in [-0.2, 0) is 16.1 Å². The van der Waals surface area contributed by atoms with Crippen molar-refractivity contribution < 1.29 is 9.59 Å². The third kappa shape index (κ3) is 4.68. The van der Waals surface area contributed by atoms with Crippen LogP contribution >= 0.6 is 0 Å². The average molecular weight is 435 g/mol. The van der Waals surface area contributed by atoms with Gasteiger partial charge in [0, 0.05) is 39.1 Å². The van der Waals surface area contributed by atoms with Crippen molar-refractivity contribution in [2.45, 2.75) is 51.5 Å². The van der Waals surface area contributed by atoms with E-state index in [0.717, 1.165) is 43.0 Å². The number of nitrogens with zero attached hydrogens (tertiary/aromatic N) is 3. The molecule has 32 heavy (non-hydrogen) atoms. The molecule has 0 spiro atoms. The average Bonchev–Trinajstić information content (AvgIpc) is 2.77. The van der Waals surface area contributed by atoms with Crippen molar-refractivity contribution in [3.63, 3.8) is 0 Å². The Bertz CT molecular complexity index is 877. The monoisotopic (exact) mass is 434 g/mol. The summed E-state index contributed by atoms with van der Waals surface area (Å²) in [5.41, 5.74) is 2.03. The van der Waals surface area contributed by atoms with Crippen LogP contribution in [0.15, 0.2) is 24.3 Å². The van der Waals surface area contributed by atoms with Crippen LogP contribution in [-0.4, -0.2) is 54.3 Å². The van der Waals surface area contributed by atoms with Crippen LogP contribution < -0.4 is 5.32 Å². The first-order valence-electron chi connectivity index (χ1n) is 12.3. The topological polar surface area (TPSA) is 76.4 Å². The molecule has 0 radical (unpaired) electrons. The molecule has 4 saturated carbocycles. The summed E-state index contributed by atoms with van der Waals surface area (Å²) >= 11 is 0. The Morgan fingerprint density at radius 2 is 1.69 bits per heavy atom. The zero-order valence-electron chi connectivity index (χ0n) is 18.9. The number of hydrogen-bond donors (Lipinski definition) is 1. The smallest absolute Gasteiger partial charge is 0.242 e. The summed E-state index contributed by atoms with van der Waals surface area (Å²) < 4.78 is 0. The van der Waals surface area contributed by atoms with Crippen LogP contribution in [0.5, 0.6) is 0 Å². The first-order valence-corrected chi connectivity index (χ1v) is 12.3. The fourth-order valence-corrected chi connectivity index (χ4v) is 7.35. The zero-order chi connectivity index (χ0) is 22.1. The Morgan fingerprint density at radius 3 is 2.31 bits per heavy atom. The van der Waals surface area contributed by atoms with Crippen molar-refractivity contribution in [1.82, 2.24) is 15.1 Å². The molecule has 0 atom stereocenters. The lowest BCUT2D eigenvalue weighted by Crippen LogP contribution is -2.51. The minimum absolute atomic E-state index is 0.0231. The zero-order valence-corrected chi connectivity index (χ0v) is 18.9. The molecule has 1 saturated heterocycles. The number of carbonyl (C=O) groups excluding carboxylic acids is 2. The van der Waals surface area contributed by atoms with E-state index in [9.17, 15) is 9.59 Å². The van der Waals surface area contributed by atoms with Crippen LogP contribution in [0.4, 0.5) is 0 Å². The van der Waals surface area contributed by atoms with E-state index in [1.54, 1.807) is 0 Å². The lowest BCUT2D eigenvalue weighted by atomic mass is 9.49. The largest absolute Gasteiger partial charge is 0.347 e. The molecule has 6 rings (SSSR count). The molecule has 1 N–H and O–H groups in total. The summed E-state index contributed by atoms with van der Waals surface area (Å²) in [6.45, 7) is 3.89. The quantitative estimate of drug-likeness (QED) is 0.747. The van der Waals surface area contributed by atoms with E-state index in [0.29, 0.717) is 25.1 Å². The minimum Gasteiger partial charge on any atom is -0.347 e. The van der Waals surface area contributed by atoms with Crippen molar-refractivity contribution in [1.29, 1.82) is 5.26 Å². The summed E-state index contributed by atoms with van der Waals surface area (Å²) in [6.07, 6.45) is 8.43. The van der Waals surface area contributed by atoms with Crippen LogP contribution in [0.25, 0.3) is 0 Å². The number of amides is 2. The van der Waals surface area contributed by atoms with Gasteiger partial charge in [-0.2, -0.15) is 5.26 Å². The molecule has 1 aromatic carbocycles. The van der Waals surface area contributed by atoms with Gasteiger partial charge in [-0.15, -0.1) is 0 Å². The van der Waals surface area contributed by atoms with Crippen molar-refractivity contribution in [3.05, 3.63) is 35.4 Å². The molecular formula is C26H34N4O2. The Kier molecular flexibility index (Phi) is 5.94. The number of carbonyl (C=O) groups is 2. The predicted octanol–water partition coefficient (Wildman–Crippen LogP) is 2.93. The molecule has 6 nitrogen and oxygen atoms in total. The molecule has 5 aliphatic rings. The van der Waals surface area contributed by atoms with Crippen LogP contribution in [0.2, 0.25) is 0 Å². The second-order valence-electron chi connectivity index (χ2n) is 10.8. The summed E-state index contributed by atoms with van der Waals surface area (Å²) in [6, 6.07) is 9.89. The summed E-state index contributed by atoms with van der Waals surface area (Å²) in [4.78, 5) is 29.6. The van der Waals surface area contributed by atoms with Gasteiger partial charge in [0.15, 0.2) is 0 Å². The normalized spacial score (nSPS) is 31.3. The number of benzene rings is 1. The van der Waals surface area contributed by atoms with Gasteiger partial charge in [-0.05, 0) is 79.4 Å². The minimum atomic E-state index is 0.0231. The highest BCUT2D eigenvalue weighted by atomic mass is 16.2. The molecule has 6 heteroatoms. The number of hydrogen-bond acceptors (Lipinski definition) is 4. The number of rotatable bonds is 6. The Hall–Kier alpha value is -2.39. The summed E-state index contributed by atoms with van der Waals surface area (Å²) in [5.74, 6) is 2.62. The van der Waals surface area contributed by atoms with Gasteiger partial charge in [-0.1, -0.05) is 12.1 Å². The van der Waals surface area contributed by atoms with Crippen molar-refractivity contribution in [2.24, 2.45) is 23.2 Å². The first kappa shape index (κ1) is 21.5. The molecule has 5 fully saturated rings. The second kappa shape index (κ2) is 8.86. The predicted molar refractivity (Wildman–Crippen MR) is 121 cm³/mol. The highest BCUT2D eigenvalue weighted by Gasteiger charge is 2.51. The van der Waals surface area contributed by atoms with E-state index in [1.165, 1.54) is 38.5 Å². The van der Waals surface area contributed by atoms with Crippen LogP contribution in [0.1, 0.15) is 56.1 Å². The van der Waals surface area contributed by atoms with Gasteiger partial charge in [0.05, 0.1) is 18.2 Å². The van der Waals surface area contributed by atoms with Crippen LogP contribution in [0.3, 0.4) is 0 Å². The Labute approximate surface area is 190 Å². The molecule has 2 amide bonds. The van der Waals surface area contributed by atoms with E-state index in [4.69, 9.17) is 5.26 Å². The van der Waals surface area contributed by atoms with E-state index < -0.39 is 0 Å². The third-order valence-electron chi connectivity index (χ3n) is 8.32. The maximum Gasteiger partial charge on any atom is 0.242 e. The lowest BCUT2D eigenvalue weighted by Gasteiger charge is -2.56. The third-order valence-corrected chi connectivity index (χ3v) is 8.32. The van der Waals surface area contributed by atoms with Gasteiger partial charge in [0.1, 0.15) is 0 Å². The molecule has 0 aromatic heterocycles. The van der Waals surface area contributed by atoms with Crippen molar-refractivity contribution >= 4 is 11.8 Å². The molecule has 4 bridgehead atoms. The Balaban J connectivity index is 1.05. The first-order chi connectivity index (χ1) is 15.5. The van der Waals surface area contributed by atoms with E-state index in [2.05, 4.69) is 16.3 Å². The van der Waals surface area contributed by atoms with Crippen molar-refractivity contribution in [2.75, 3.05) is 32.7 Å². The molecule has 1 aromatic rings. The maximum atomic E-state index is 12.7. The molecule has 1 heterocycles. The fourth-order valence-electron chi connectivity index (χ4n) is 7.35. The lowest BCUT2D eigenvalue weighted by molar-refractivity contribution is -0.136. The van der Waals surface area contributed by atoms with E-state index in [1.807, 2.05) is 29.2 Å². The summed E-state index contributed by atoms with van der Waals surface area (Å²) in [7, 11) is 0. The standard InChI is InChI=1S/C26H34N4O2/c27-16-19-2-1-3-20(8-19)18-29-4-6-30(7-5-29)25(32)17-28-24(31)15-26-12-21-9-22(13-26)11-23(10-21)14-26/h1-3,8,21-23H,4-7,9-15,17-18H2,(H,28,31). The number of nitrogens with one attached hydrogen (secondary N) is 1. The fraction of sp³-hybridized carbons (Fsp3) is 0.654. The van der Waals surface area contributed by atoms with E-state index >= 15 is 0 Å². The van der Waals surface area contributed by atoms with E-state index in [-0.39, 0.29) is 23.8 Å². The van der Waals surface area contributed by atoms with Gasteiger partial charge in [-0.25, -0.2) is 0 Å².